The first kappa shape index (κ1) is 15.3. The Morgan fingerprint density at radius 2 is 1.75 bits per heavy atom. The van der Waals surface area contributed by atoms with Crippen molar-refractivity contribution in [3.8, 4) is 0 Å². The second kappa shape index (κ2) is 6.57. The molecule has 5 heteroatoms. The van der Waals surface area contributed by atoms with Crippen LogP contribution in [0.3, 0.4) is 0 Å². The standard InChI is InChI=1S/C15H25NO4/c1-9(2)10-5-3-4-6-11(10)16-14(17)12-7-8-13(20-12)15(18)19/h9-13H,3-8H2,1-2H3,(H,16,17)(H,18,19). The van der Waals surface area contributed by atoms with Gasteiger partial charge in [0.25, 0.3) is 0 Å². The van der Waals surface area contributed by atoms with Gasteiger partial charge in [-0.3, -0.25) is 4.79 Å². The van der Waals surface area contributed by atoms with Crippen molar-refractivity contribution >= 4 is 11.9 Å². The fourth-order valence-electron chi connectivity index (χ4n) is 3.42. The second-order valence-corrected chi connectivity index (χ2v) is 6.34. The Labute approximate surface area is 120 Å². The number of rotatable bonds is 4. The van der Waals surface area contributed by atoms with Gasteiger partial charge in [0.05, 0.1) is 0 Å². The van der Waals surface area contributed by atoms with E-state index in [-0.39, 0.29) is 11.9 Å². The summed E-state index contributed by atoms with van der Waals surface area (Å²) >= 11 is 0. The SMILES string of the molecule is CC(C)C1CCCCC1NC(=O)C1CCC(C(=O)O)O1. The summed E-state index contributed by atoms with van der Waals surface area (Å²) in [4.78, 5) is 23.1. The van der Waals surface area contributed by atoms with Crippen LogP contribution in [0, 0.1) is 11.8 Å². The fraction of sp³-hybridized carbons (Fsp3) is 0.867. The lowest BCUT2D eigenvalue weighted by Gasteiger charge is -2.35. The van der Waals surface area contributed by atoms with Crippen molar-refractivity contribution in [3.63, 3.8) is 0 Å². The molecule has 2 fully saturated rings. The first-order valence-electron chi connectivity index (χ1n) is 7.67. The number of hydrogen-bond donors (Lipinski definition) is 2. The van der Waals surface area contributed by atoms with Crippen LogP contribution in [0.2, 0.25) is 0 Å². The van der Waals surface area contributed by atoms with E-state index >= 15 is 0 Å². The average molecular weight is 283 g/mol. The van der Waals surface area contributed by atoms with Gasteiger partial charge in [0.15, 0.2) is 6.10 Å². The molecule has 1 aliphatic carbocycles. The zero-order valence-corrected chi connectivity index (χ0v) is 12.3. The van der Waals surface area contributed by atoms with Crippen LogP contribution in [-0.2, 0) is 14.3 Å². The number of carboxylic acids is 1. The van der Waals surface area contributed by atoms with E-state index in [0.717, 1.165) is 19.3 Å². The van der Waals surface area contributed by atoms with Gasteiger partial charge in [-0.2, -0.15) is 0 Å². The van der Waals surface area contributed by atoms with E-state index in [1.165, 1.54) is 6.42 Å². The third-order valence-electron chi connectivity index (χ3n) is 4.59. The third-order valence-corrected chi connectivity index (χ3v) is 4.59. The molecule has 1 amide bonds. The predicted octanol–water partition coefficient (Wildman–Crippen LogP) is 1.95. The molecule has 0 spiro atoms. The summed E-state index contributed by atoms with van der Waals surface area (Å²) in [6.45, 7) is 4.39. The zero-order chi connectivity index (χ0) is 14.7. The number of amides is 1. The van der Waals surface area contributed by atoms with Gasteiger partial charge in [-0.15, -0.1) is 0 Å². The van der Waals surface area contributed by atoms with E-state index in [1.54, 1.807) is 0 Å². The number of ether oxygens (including phenoxy) is 1. The van der Waals surface area contributed by atoms with Crippen LogP contribution in [0.5, 0.6) is 0 Å². The lowest BCUT2D eigenvalue weighted by atomic mass is 9.78. The minimum absolute atomic E-state index is 0.133. The lowest BCUT2D eigenvalue weighted by molar-refractivity contribution is -0.152. The molecule has 1 aliphatic heterocycles. The van der Waals surface area contributed by atoms with Crippen LogP contribution >= 0.6 is 0 Å². The van der Waals surface area contributed by atoms with Crippen molar-refractivity contribution in [2.45, 2.75) is 70.6 Å². The van der Waals surface area contributed by atoms with Gasteiger partial charge in [0.1, 0.15) is 6.10 Å². The molecule has 0 bridgehead atoms. The lowest BCUT2D eigenvalue weighted by Crippen LogP contribution is -2.47. The van der Waals surface area contributed by atoms with E-state index in [1.807, 2.05) is 0 Å². The molecular formula is C15H25NO4. The molecule has 2 aliphatic rings. The summed E-state index contributed by atoms with van der Waals surface area (Å²) < 4.78 is 5.31. The highest BCUT2D eigenvalue weighted by atomic mass is 16.5. The molecule has 0 aromatic heterocycles. The van der Waals surface area contributed by atoms with Gasteiger partial charge in [0.2, 0.25) is 5.91 Å². The molecule has 0 radical (unpaired) electrons. The Kier molecular flexibility index (Phi) is 5.02. The molecule has 0 aromatic carbocycles. The molecule has 5 nitrogen and oxygen atoms in total. The van der Waals surface area contributed by atoms with Crippen LogP contribution in [0.25, 0.3) is 0 Å². The first-order chi connectivity index (χ1) is 9.49. The van der Waals surface area contributed by atoms with Crippen LogP contribution < -0.4 is 5.32 Å². The van der Waals surface area contributed by atoms with Crippen molar-refractivity contribution in [1.82, 2.24) is 5.32 Å². The zero-order valence-electron chi connectivity index (χ0n) is 12.3. The molecule has 1 saturated heterocycles. The summed E-state index contributed by atoms with van der Waals surface area (Å²) in [6.07, 6.45) is 4.07. The highest BCUT2D eigenvalue weighted by molar-refractivity contribution is 5.82. The summed E-state index contributed by atoms with van der Waals surface area (Å²) in [5, 5.41) is 12.0. The predicted molar refractivity (Wildman–Crippen MR) is 74.3 cm³/mol. The third kappa shape index (κ3) is 3.51. The van der Waals surface area contributed by atoms with Crippen molar-refractivity contribution in [2.75, 3.05) is 0 Å². The average Bonchev–Trinajstić information content (AvgIpc) is 2.89. The molecule has 1 heterocycles. The number of carbonyl (C=O) groups is 2. The fourth-order valence-corrected chi connectivity index (χ4v) is 3.42. The number of carbonyl (C=O) groups excluding carboxylic acids is 1. The minimum Gasteiger partial charge on any atom is -0.479 e. The minimum atomic E-state index is -0.974. The smallest absolute Gasteiger partial charge is 0.332 e. The topological polar surface area (TPSA) is 75.6 Å². The van der Waals surface area contributed by atoms with E-state index in [9.17, 15) is 9.59 Å². The molecule has 0 aromatic rings. The maximum atomic E-state index is 12.2. The molecule has 1 saturated carbocycles. The second-order valence-electron chi connectivity index (χ2n) is 6.34. The van der Waals surface area contributed by atoms with Gasteiger partial charge in [-0.05, 0) is 37.5 Å². The van der Waals surface area contributed by atoms with Crippen LogP contribution in [0.4, 0.5) is 0 Å². The van der Waals surface area contributed by atoms with E-state index < -0.39 is 18.2 Å². The van der Waals surface area contributed by atoms with E-state index in [0.29, 0.717) is 24.7 Å². The van der Waals surface area contributed by atoms with Crippen molar-refractivity contribution < 1.29 is 19.4 Å². The highest BCUT2D eigenvalue weighted by Crippen LogP contribution is 2.30. The molecule has 4 atom stereocenters. The van der Waals surface area contributed by atoms with Gasteiger partial charge in [-0.1, -0.05) is 26.7 Å². The monoisotopic (exact) mass is 283 g/mol. The molecular weight excluding hydrogens is 258 g/mol. The largest absolute Gasteiger partial charge is 0.479 e. The van der Waals surface area contributed by atoms with E-state index in [4.69, 9.17) is 9.84 Å². The van der Waals surface area contributed by atoms with Gasteiger partial charge in [-0.25, -0.2) is 4.79 Å². The Balaban J connectivity index is 1.89. The molecule has 20 heavy (non-hydrogen) atoms. The van der Waals surface area contributed by atoms with E-state index in [2.05, 4.69) is 19.2 Å². The van der Waals surface area contributed by atoms with Gasteiger partial charge >= 0.3 is 5.97 Å². The summed E-state index contributed by atoms with van der Waals surface area (Å²) in [5.41, 5.74) is 0. The van der Waals surface area contributed by atoms with Crippen LogP contribution in [-0.4, -0.2) is 35.2 Å². The van der Waals surface area contributed by atoms with Crippen LogP contribution in [0.1, 0.15) is 52.4 Å². The van der Waals surface area contributed by atoms with Crippen molar-refractivity contribution in [3.05, 3.63) is 0 Å². The molecule has 2 N–H and O–H groups in total. The summed E-state index contributed by atoms with van der Waals surface area (Å²) in [6, 6.07) is 0.212. The van der Waals surface area contributed by atoms with Gasteiger partial charge in [0, 0.05) is 6.04 Å². The number of aliphatic carboxylic acids is 1. The normalized spacial score (nSPS) is 34.1. The maximum absolute atomic E-state index is 12.2. The highest BCUT2D eigenvalue weighted by Gasteiger charge is 2.37. The Bertz CT molecular complexity index is 369. The number of hydrogen-bond acceptors (Lipinski definition) is 3. The first-order valence-corrected chi connectivity index (χ1v) is 7.67. The molecule has 2 rings (SSSR count). The van der Waals surface area contributed by atoms with Crippen molar-refractivity contribution in [1.29, 1.82) is 0 Å². The van der Waals surface area contributed by atoms with Gasteiger partial charge < -0.3 is 15.2 Å². The number of nitrogens with one attached hydrogen (secondary N) is 1. The Hall–Kier alpha value is -1.10. The summed E-state index contributed by atoms with van der Waals surface area (Å²) in [7, 11) is 0. The maximum Gasteiger partial charge on any atom is 0.332 e. The van der Waals surface area contributed by atoms with Crippen LogP contribution in [0.15, 0.2) is 0 Å². The van der Waals surface area contributed by atoms with Crippen molar-refractivity contribution in [2.24, 2.45) is 11.8 Å². The Morgan fingerprint density at radius 3 is 2.35 bits per heavy atom. The molecule has 4 unspecified atom stereocenters. The Morgan fingerprint density at radius 1 is 1.10 bits per heavy atom. The number of carboxylic acid groups (broad SMARTS) is 1. The molecule has 114 valence electrons. The summed E-state index contributed by atoms with van der Waals surface area (Å²) in [5.74, 6) is -0.0365. The quantitative estimate of drug-likeness (QED) is 0.827.